The average Bonchev–Trinajstić information content (AvgIpc) is 3.21. The van der Waals surface area contributed by atoms with E-state index in [4.69, 9.17) is 14.7 Å². The summed E-state index contributed by atoms with van der Waals surface area (Å²) in [4.78, 5) is 37.5. The Morgan fingerprint density at radius 3 is 2.41 bits per heavy atom. The van der Waals surface area contributed by atoms with Gasteiger partial charge in [-0.15, -0.1) is 0 Å². The van der Waals surface area contributed by atoms with Crippen molar-refractivity contribution in [3.8, 4) is 0 Å². The minimum absolute atomic E-state index is 0.0242. The van der Waals surface area contributed by atoms with Crippen LogP contribution in [0, 0.1) is 28.6 Å². The first kappa shape index (κ1) is 31.4. The number of rotatable bonds is 14. The zero-order valence-corrected chi connectivity index (χ0v) is 24.9. The van der Waals surface area contributed by atoms with Crippen molar-refractivity contribution in [1.29, 1.82) is 5.41 Å². The van der Waals surface area contributed by atoms with Crippen LogP contribution < -0.4 is 21.3 Å². The summed E-state index contributed by atoms with van der Waals surface area (Å²) >= 11 is 0. The van der Waals surface area contributed by atoms with Gasteiger partial charge in [-0.3, -0.25) is 15.0 Å². The number of carbonyl (C=O) groups is 3. The van der Waals surface area contributed by atoms with Crippen molar-refractivity contribution in [2.24, 2.45) is 23.2 Å². The molecule has 4 fully saturated rings. The van der Waals surface area contributed by atoms with E-state index < -0.39 is 13.2 Å². The van der Waals surface area contributed by atoms with Gasteiger partial charge in [0.1, 0.15) is 11.8 Å². The third-order valence-electron chi connectivity index (χ3n) is 9.16. The second-order valence-corrected chi connectivity index (χ2v) is 13.0. The van der Waals surface area contributed by atoms with Crippen LogP contribution in [0.3, 0.4) is 0 Å². The Bertz CT molecular complexity index is 915. The maximum Gasteiger partial charge on any atom is 0.481 e. The molecule has 0 aromatic heterocycles. The molecule has 0 unspecified atom stereocenters. The van der Waals surface area contributed by atoms with Crippen molar-refractivity contribution in [2.45, 2.75) is 117 Å². The fourth-order valence-electron chi connectivity index (χ4n) is 6.74. The molecule has 4 aliphatic rings. The minimum atomic E-state index is -0.735. The highest BCUT2D eigenvalue weighted by molar-refractivity contribution is 6.48. The Morgan fingerprint density at radius 1 is 1.08 bits per heavy atom. The number of Topliss-reactive ketones (excluding diaryl/α,β-unsaturated/α-hetero) is 1. The topological polar surface area (TPSA) is 142 Å². The lowest BCUT2D eigenvalue weighted by atomic mass is 9.43. The third kappa shape index (κ3) is 7.54. The maximum absolute atomic E-state index is 13.6. The third-order valence-corrected chi connectivity index (χ3v) is 9.16. The van der Waals surface area contributed by atoms with Crippen LogP contribution in [0.25, 0.3) is 0 Å². The number of hydrogen-bond donors (Lipinski definition) is 5. The molecule has 0 aromatic rings. The first-order valence-electron chi connectivity index (χ1n) is 14.7. The van der Waals surface area contributed by atoms with Crippen LogP contribution in [0.5, 0.6) is 0 Å². The molecule has 10 nitrogen and oxygen atoms in total. The van der Waals surface area contributed by atoms with Crippen molar-refractivity contribution in [3.63, 3.8) is 0 Å². The van der Waals surface area contributed by atoms with Gasteiger partial charge in [-0.05, 0) is 75.5 Å². The molecule has 6 atom stereocenters. The SMILES string of the molecule is CNC(=N)NCCC[C@H](NC(=O)CCCC(C)=O)C(=O)N[C@@H](CC(C)C)B1O[C@@H]2C[C@@H]3C[C@@H](C3(C)C)[C@]2(C)O1. The lowest BCUT2D eigenvalue weighted by Crippen LogP contribution is -2.65. The average molecular weight is 548 g/mol. The summed E-state index contributed by atoms with van der Waals surface area (Å²) in [6.07, 6.45) is 4.83. The highest BCUT2D eigenvalue weighted by atomic mass is 16.7. The van der Waals surface area contributed by atoms with Crippen LogP contribution in [0.1, 0.15) is 92.9 Å². The van der Waals surface area contributed by atoms with E-state index >= 15 is 0 Å². The molecule has 11 heteroatoms. The van der Waals surface area contributed by atoms with E-state index in [9.17, 15) is 14.4 Å². The number of guanidine groups is 1. The Morgan fingerprint density at radius 2 is 1.79 bits per heavy atom. The molecular formula is C28H50BN5O5. The van der Waals surface area contributed by atoms with Gasteiger partial charge in [0.05, 0.1) is 17.6 Å². The first-order chi connectivity index (χ1) is 18.3. The van der Waals surface area contributed by atoms with Crippen molar-refractivity contribution in [3.05, 3.63) is 0 Å². The van der Waals surface area contributed by atoms with E-state index in [0.717, 1.165) is 12.8 Å². The molecule has 3 saturated carbocycles. The summed E-state index contributed by atoms with van der Waals surface area (Å²) in [6, 6.07) is -0.735. The predicted molar refractivity (Wildman–Crippen MR) is 152 cm³/mol. The normalized spacial score (nSPS) is 28.1. The van der Waals surface area contributed by atoms with Crippen LogP contribution in [-0.2, 0) is 23.7 Å². The van der Waals surface area contributed by atoms with E-state index in [1.54, 1.807) is 7.05 Å². The van der Waals surface area contributed by atoms with Gasteiger partial charge in [-0.2, -0.15) is 0 Å². The molecule has 0 aromatic carbocycles. The zero-order chi connectivity index (χ0) is 29.0. The molecule has 5 N–H and O–H groups in total. The Kier molecular flexibility index (Phi) is 10.5. The van der Waals surface area contributed by atoms with Crippen LogP contribution in [-0.4, -0.2) is 68.0 Å². The quantitative estimate of drug-likeness (QED) is 0.0974. The van der Waals surface area contributed by atoms with E-state index in [2.05, 4.69) is 55.9 Å². The first-order valence-corrected chi connectivity index (χ1v) is 14.7. The largest absolute Gasteiger partial charge is 0.481 e. The fourth-order valence-corrected chi connectivity index (χ4v) is 6.74. The number of amides is 2. The van der Waals surface area contributed by atoms with E-state index in [1.165, 1.54) is 6.92 Å². The molecular weight excluding hydrogens is 497 g/mol. The van der Waals surface area contributed by atoms with Crippen molar-refractivity contribution in [2.75, 3.05) is 13.6 Å². The van der Waals surface area contributed by atoms with Gasteiger partial charge in [0, 0.05) is 26.4 Å². The summed E-state index contributed by atoms with van der Waals surface area (Å²) in [5.41, 5.74) is -0.133. The van der Waals surface area contributed by atoms with Crippen LogP contribution in [0.2, 0.25) is 0 Å². The summed E-state index contributed by atoms with van der Waals surface area (Å²) in [6.45, 7) is 13.0. The minimum Gasteiger partial charge on any atom is -0.404 e. The summed E-state index contributed by atoms with van der Waals surface area (Å²) in [7, 11) is 1.13. The van der Waals surface area contributed by atoms with Crippen LogP contribution in [0.15, 0.2) is 0 Å². The van der Waals surface area contributed by atoms with Crippen molar-refractivity contribution < 1.29 is 23.7 Å². The van der Waals surface area contributed by atoms with Gasteiger partial charge < -0.3 is 35.4 Å². The predicted octanol–water partition coefficient (Wildman–Crippen LogP) is 2.55. The fraction of sp³-hybridized carbons (Fsp3) is 0.857. The van der Waals surface area contributed by atoms with Gasteiger partial charge in [0.25, 0.3) is 0 Å². The molecule has 39 heavy (non-hydrogen) atoms. The van der Waals surface area contributed by atoms with Gasteiger partial charge in [0.2, 0.25) is 11.8 Å². The van der Waals surface area contributed by atoms with Crippen LogP contribution in [0.4, 0.5) is 0 Å². The second kappa shape index (κ2) is 13.0. The standard InChI is InChI=1S/C28H50BN5O5/c1-17(2)14-23(29-38-22-16-19-15-21(27(19,4)5)28(22,6)39-29)34-25(37)20(11-9-13-32-26(30)31-7)33-24(36)12-8-10-18(3)35/h17,19-23H,8-16H2,1-7H3,(H,33,36)(H,34,37)(H3,30,31,32)/t19-,20-,21-,22+,23-,28-/m0/s1. The number of ketones is 1. The van der Waals surface area contributed by atoms with Crippen molar-refractivity contribution >= 4 is 30.7 Å². The Labute approximate surface area is 234 Å². The second-order valence-electron chi connectivity index (χ2n) is 13.0. The van der Waals surface area contributed by atoms with E-state index in [1.807, 2.05) is 0 Å². The number of carbonyl (C=O) groups excluding carboxylic acids is 3. The molecule has 3 aliphatic carbocycles. The summed E-state index contributed by atoms with van der Waals surface area (Å²) in [5, 5.41) is 19.4. The van der Waals surface area contributed by atoms with Gasteiger partial charge in [-0.25, -0.2) is 0 Å². The molecule has 220 valence electrons. The maximum atomic E-state index is 13.6. The molecule has 0 radical (unpaired) electrons. The van der Waals surface area contributed by atoms with E-state index in [-0.39, 0.29) is 53.0 Å². The monoisotopic (exact) mass is 547 g/mol. The Balaban J connectivity index is 1.67. The highest BCUT2D eigenvalue weighted by Crippen LogP contribution is 2.65. The number of nitrogens with one attached hydrogen (secondary N) is 5. The molecule has 1 heterocycles. The smallest absolute Gasteiger partial charge is 0.404 e. The molecule has 1 saturated heterocycles. The lowest BCUT2D eigenvalue weighted by Gasteiger charge is -2.64. The molecule has 1 aliphatic heterocycles. The number of hydrogen-bond acceptors (Lipinski definition) is 6. The lowest BCUT2D eigenvalue weighted by molar-refractivity contribution is -0.199. The van der Waals surface area contributed by atoms with Gasteiger partial charge in [0.15, 0.2) is 5.96 Å². The molecule has 2 amide bonds. The molecule has 0 spiro atoms. The zero-order valence-electron chi connectivity index (χ0n) is 24.9. The Hall–Kier alpha value is -2.14. The van der Waals surface area contributed by atoms with Crippen LogP contribution >= 0.6 is 0 Å². The van der Waals surface area contributed by atoms with Gasteiger partial charge >= 0.3 is 7.12 Å². The molecule has 4 rings (SSSR count). The van der Waals surface area contributed by atoms with E-state index in [0.29, 0.717) is 56.4 Å². The van der Waals surface area contributed by atoms with Crippen molar-refractivity contribution in [1.82, 2.24) is 21.3 Å². The summed E-state index contributed by atoms with van der Waals surface area (Å²) < 4.78 is 13.2. The highest BCUT2D eigenvalue weighted by Gasteiger charge is 2.68. The van der Waals surface area contributed by atoms with Gasteiger partial charge in [-0.1, -0.05) is 27.7 Å². The summed E-state index contributed by atoms with van der Waals surface area (Å²) in [5.74, 6) is 0.767. The molecule has 2 bridgehead atoms.